The first kappa shape index (κ1) is 15.0. The molecule has 0 saturated carbocycles. The minimum atomic E-state index is 0.156. The summed E-state index contributed by atoms with van der Waals surface area (Å²) in [5.74, 6) is 0.604. The minimum Gasteiger partial charge on any atom is -0.378 e. The molecule has 0 spiro atoms. The number of aromatic nitrogens is 2. The molecule has 1 aromatic heterocycles. The Morgan fingerprint density at radius 3 is 2.43 bits per heavy atom. The molecular formula is C15H13Cl3N2O. The van der Waals surface area contributed by atoms with E-state index in [9.17, 15) is 0 Å². The highest BCUT2D eigenvalue weighted by atomic mass is 35.5. The molecule has 1 aromatic carbocycles. The summed E-state index contributed by atoms with van der Waals surface area (Å²) in [5.41, 5.74) is 1.30. The van der Waals surface area contributed by atoms with E-state index < -0.39 is 0 Å². The number of benzene rings is 1. The molecule has 110 valence electrons. The third kappa shape index (κ3) is 3.32. The molecule has 1 unspecified atom stereocenters. The number of ether oxygens (including phenoxy) is 1. The molecule has 1 aliphatic rings. The number of halogens is 3. The summed E-state index contributed by atoms with van der Waals surface area (Å²) < 4.78 is 5.58. The predicted octanol–water partition coefficient (Wildman–Crippen LogP) is 4.83. The van der Waals surface area contributed by atoms with Gasteiger partial charge in [-0.1, -0.05) is 53.0 Å². The Morgan fingerprint density at radius 1 is 1.10 bits per heavy atom. The van der Waals surface area contributed by atoms with Crippen molar-refractivity contribution >= 4 is 34.8 Å². The zero-order valence-electron chi connectivity index (χ0n) is 11.2. The van der Waals surface area contributed by atoms with Crippen LogP contribution in [0.15, 0.2) is 24.3 Å². The summed E-state index contributed by atoms with van der Waals surface area (Å²) in [6, 6.07) is 7.34. The summed E-state index contributed by atoms with van der Waals surface area (Å²) in [6.07, 6.45) is 2.88. The van der Waals surface area contributed by atoms with Gasteiger partial charge < -0.3 is 4.74 Å². The lowest BCUT2D eigenvalue weighted by atomic mass is 10.1. The number of nitrogens with zero attached hydrogens (tertiary/aromatic N) is 2. The fourth-order valence-electron chi connectivity index (χ4n) is 2.43. The van der Waals surface area contributed by atoms with Crippen molar-refractivity contribution in [1.29, 1.82) is 0 Å². The molecule has 3 rings (SSSR count). The quantitative estimate of drug-likeness (QED) is 0.749. The molecule has 21 heavy (non-hydrogen) atoms. The zero-order valence-corrected chi connectivity index (χ0v) is 13.4. The van der Waals surface area contributed by atoms with Crippen molar-refractivity contribution in [3.8, 4) is 11.1 Å². The third-order valence-electron chi connectivity index (χ3n) is 3.44. The fourth-order valence-corrected chi connectivity index (χ4v) is 3.29. The molecule has 1 saturated heterocycles. The van der Waals surface area contributed by atoms with E-state index in [-0.39, 0.29) is 6.10 Å². The van der Waals surface area contributed by atoms with Crippen LogP contribution >= 0.6 is 34.8 Å². The normalized spacial score (nSPS) is 18.1. The molecule has 0 amide bonds. The van der Waals surface area contributed by atoms with Crippen molar-refractivity contribution in [3.05, 3.63) is 45.4 Å². The summed E-state index contributed by atoms with van der Waals surface area (Å²) in [4.78, 5) is 8.69. The van der Waals surface area contributed by atoms with E-state index in [1.807, 2.05) is 18.2 Å². The fraction of sp³-hybridized carbons (Fsp3) is 0.333. The van der Waals surface area contributed by atoms with Crippen molar-refractivity contribution < 1.29 is 4.74 Å². The second-order valence-corrected chi connectivity index (χ2v) is 6.04. The highest BCUT2D eigenvalue weighted by Crippen LogP contribution is 2.36. The van der Waals surface area contributed by atoms with Crippen molar-refractivity contribution in [2.75, 3.05) is 6.61 Å². The van der Waals surface area contributed by atoms with Crippen molar-refractivity contribution in [2.45, 2.75) is 25.4 Å². The molecule has 1 aliphatic heterocycles. The third-order valence-corrected chi connectivity index (χ3v) is 4.32. The Bertz CT molecular complexity index is 634. The second kappa shape index (κ2) is 6.49. The van der Waals surface area contributed by atoms with E-state index in [0.717, 1.165) is 25.0 Å². The maximum Gasteiger partial charge on any atom is 0.142 e. The molecule has 0 bridgehead atoms. The highest BCUT2D eigenvalue weighted by molar-refractivity contribution is 6.40. The molecule has 1 atom stereocenters. The average molecular weight is 344 g/mol. The molecule has 0 N–H and O–H groups in total. The lowest BCUT2D eigenvalue weighted by Gasteiger charge is -2.12. The van der Waals surface area contributed by atoms with Crippen LogP contribution < -0.4 is 0 Å². The summed E-state index contributed by atoms with van der Waals surface area (Å²) in [6.45, 7) is 0.795. The first-order valence-electron chi connectivity index (χ1n) is 6.73. The second-order valence-electron chi connectivity index (χ2n) is 4.92. The van der Waals surface area contributed by atoms with E-state index in [1.165, 1.54) is 0 Å². The van der Waals surface area contributed by atoms with Crippen LogP contribution in [0.1, 0.15) is 18.7 Å². The van der Waals surface area contributed by atoms with Crippen LogP contribution in [-0.2, 0) is 11.2 Å². The molecule has 6 heteroatoms. The zero-order chi connectivity index (χ0) is 14.8. The van der Waals surface area contributed by atoms with Crippen LogP contribution in [-0.4, -0.2) is 22.7 Å². The standard InChI is InChI=1S/C15H13Cl3N2O/c16-11-6-2-1-5-10(11)13-14(17)19-12(20-15(13)18)8-9-4-3-7-21-9/h1-2,5-6,9H,3-4,7-8H2. The summed E-state index contributed by atoms with van der Waals surface area (Å²) in [7, 11) is 0. The van der Waals surface area contributed by atoms with Crippen molar-refractivity contribution in [1.82, 2.24) is 9.97 Å². The lowest BCUT2D eigenvalue weighted by Crippen LogP contribution is -2.12. The van der Waals surface area contributed by atoms with Crippen LogP contribution in [0, 0.1) is 0 Å². The van der Waals surface area contributed by atoms with Crippen LogP contribution in [0.5, 0.6) is 0 Å². The van der Waals surface area contributed by atoms with Gasteiger partial charge in [0.25, 0.3) is 0 Å². The van der Waals surface area contributed by atoms with Gasteiger partial charge in [-0.25, -0.2) is 9.97 Å². The van der Waals surface area contributed by atoms with Gasteiger partial charge in [0.05, 0.1) is 11.7 Å². The minimum absolute atomic E-state index is 0.156. The lowest BCUT2D eigenvalue weighted by molar-refractivity contribution is 0.110. The Morgan fingerprint density at radius 2 is 1.81 bits per heavy atom. The van der Waals surface area contributed by atoms with Gasteiger partial charge in [-0.3, -0.25) is 0 Å². The first-order chi connectivity index (χ1) is 10.1. The van der Waals surface area contributed by atoms with Gasteiger partial charge in [-0.15, -0.1) is 0 Å². The molecule has 3 nitrogen and oxygen atoms in total. The van der Waals surface area contributed by atoms with E-state index in [2.05, 4.69) is 9.97 Å². The van der Waals surface area contributed by atoms with Gasteiger partial charge in [0.1, 0.15) is 16.1 Å². The van der Waals surface area contributed by atoms with E-state index >= 15 is 0 Å². The summed E-state index contributed by atoms with van der Waals surface area (Å²) >= 11 is 18.8. The Hall–Kier alpha value is -0.870. The van der Waals surface area contributed by atoms with Crippen LogP contribution in [0.3, 0.4) is 0 Å². The van der Waals surface area contributed by atoms with Gasteiger partial charge in [0.15, 0.2) is 0 Å². The Kier molecular flexibility index (Phi) is 4.65. The van der Waals surface area contributed by atoms with Gasteiger partial charge in [-0.05, 0) is 18.9 Å². The van der Waals surface area contributed by atoms with Crippen LogP contribution in [0.2, 0.25) is 15.3 Å². The van der Waals surface area contributed by atoms with E-state index in [4.69, 9.17) is 39.5 Å². The van der Waals surface area contributed by atoms with Gasteiger partial charge in [0, 0.05) is 23.6 Å². The number of hydrogen-bond donors (Lipinski definition) is 0. The number of hydrogen-bond acceptors (Lipinski definition) is 3. The maximum atomic E-state index is 6.29. The summed E-state index contributed by atoms with van der Waals surface area (Å²) in [5, 5.41) is 1.20. The van der Waals surface area contributed by atoms with E-state index in [1.54, 1.807) is 6.07 Å². The highest BCUT2D eigenvalue weighted by Gasteiger charge is 2.20. The van der Waals surface area contributed by atoms with Gasteiger partial charge in [-0.2, -0.15) is 0 Å². The molecular weight excluding hydrogens is 331 g/mol. The van der Waals surface area contributed by atoms with E-state index in [0.29, 0.717) is 33.1 Å². The average Bonchev–Trinajstić information content (AvgIpc) is 2.93. The molecule has 2 aromatic rings. The number of rotatable bonds is 3. The van der Waals surface area contributed by atoms with Crippen LogP contribution in [0.4, 0.5) is 0 Å². The Balaban J connectivity index is 1.94. The Labute approximate surface area is 138 Å². The van der Waals surface area contributed by atoms with Crippen molar-refractivity contribution in [2.24, 2.45) is 0 Å². The molecule has 2 heterocycles. The predicted molar refractivity (Wildman–Crippen MR) is 85.2 cm³/mol. The molecule has 0 aliphatic carbocycles. The molecule has 1 fully saturated rings. The molecule has 0 radical (unpaired) electrons. The SMILES string of the molecule is Clc1ccccc1-c1c(Cl)nc(CC2CCCO2)nc1Cl. The maximum absolute atomic E-state index is 6.29. The van der Waals surface area contributed by atoms with Crippen molar-refractivity contribution in [3.63, 3.8) is 0 Å². The topological polar surface area (TPSA) is 35.0 Å². The smallest absolute Gasteiger partial charge is 0.142 e. The monoisotopic (exact) mass is 342 g/mol. The first-order valence-corrected chi connectivity index (χ1v) is 7.87. The van der Waals surface area contributed by atoms with Gasteiger partial charge in [0.2, 0.25) is 0 Å². The van der Waals surface area contributed by atoms with Gasteiger partial charge >= 0.3 is 0 Å². The largest absolute Gasteiger partial charge is 0.378 e. The van der Waals surface area contributed by atoms with Crippen LogP contribution in [0.25, 0.3) is 11.1 Å².